The molecule has 0 bridgehead atoms. The number of para-hydroxylation sites is 1. The Labute approximate surface area is 166 Å². The molecule has 0 saturated carbocycles. The molecule has 5 nitrogen and oxygen atoms in total. The van der Waals surface area contributed by atoms with Gasteiger partial charge in [-0.15, -0.1) is 22.7 Å². The fourth-order valence-corrected chi connectivity index (χ4v) is 4.21. The fourth-order valence-electron chi connectivity index (χ4n) is 2.60. The van der Waals surface area contributed by atoms with Gasteiger partial charge in [0.2, 0.25) is 0 Å². The topological polar surface area (TPSA) is 68.3 Å². The van der Waals surface area contributed by atoms with Crippen LogP contribution in [0.2, 0.25) is 0 Å². The van der Waals surface area contributed by atoms with E-state index in [4.69, 9.17) is 4.74 Å². The molecule has 3 aromatic rings. The number of hydrogen-bond acceptors (Lipinski definition) is 6. The number of rotatable bonds is 6. The molecule has 0 aliphatic rings. The first-order valence-corrected chi connectivity index (χ1v) is 10.3. The highest BCUT2D eigenvalue weighted by atomic mass is 32.1. The van der Waals surface area contributed by atoms with Crippen molar-refractivity contribution in [1.82, 2.24) is 4.98 Å². The highest BCUT2D eigenvalue weighted by molar-refractivity contribution is 7.20. The fraction of sp³-hybridized carbons (Fsp3) is 0.250. The summed E-state index contributed by atoms with van der Waals surface area (Å²) in [6, 6.07) is 9.77. The third kappa shape index (κ3) is 4.61. The smallest absolute Gasteiger partial charge is 0.358 e. The van der Waals surface area contributed by atoms with Gasteiger partial charge in [0.05, 0.1) is 4.88 Å². The number of carbonyl (C=O) groups is 2. The van der Waals surface area contributed by atoms with Crippen LogP contribution in [0.3, 0.4) is 0 Å². The van der Waals surface area contributed by atoms with Gasteiger partial charge in [0.15, 0.2) is 12.3 Å². The number of aromatic nitrogens is 1. The first-order valence-electron chi connectivity index (χ1n) is 8.51. The quantitative estimate of drug-likeness (QED) is 0.585. The van der Waals surface area contributed by atoms with Crippen LogP contribution in [0.5, 0.6) is 0 Å². The molecule has 2 aromatic heterocycles. The Balaban J connectivity index is 1.61. The largest absolute Gasteiger partial charge is 0.451 e. The number of ether oxygens (including phenoxy) is 1. The average molecular weight is 401 g/mol. The molecule has 2 heterocycles. The molecule has 0 aliphatic carbocycles. The maximum atomic E-state index is 12.3. The van der Waals surface area contributed by atoms with Crippen LogP contribution < -0.4 is 5.32 Å². The van der Waals surface area contributed by atoms with Gasteiger partial charge in [-0.3, -0.25) is 4.79 Å². The molecule has 7 heteroatoms. The second-order valence-electron chi connectivity index (χ2n) is 6.33. The summed E-state index contributed by atoms with van der Waals surface area (Å²) < 4.78 is 5.13. The van der Waals surface area contributed by atoms with Gasteiger partial charge in [0.1, 0.15) is 5.01 Å². The molecule has 0 saturated heterocycles. The second-order valence-corrected chi connectivity index (χ2v) is 8.14. The molecule has 1 N–H and O–H groups in total. The summed E-state index contributed by atoms with van der Waals surface area (Å²) in [5.41, 5.74) is 3.02. The Morgan fingerprint density at radius 1 is 1.19 bits per heavy atom. The van der Waals surface area contributed by atoms with Crippen LogP contribution in [0.25, 0.3) is 9.88 Å². The summed E-state index contributed by atoms with van der Waals surface area (Å²) in [5, 5.41) is 7.23. The number of carbonyl (C=O) groups excluding carboxylic acids is 2. The molecular formula is C20H20N2O3S2. The van der Waals surface area contributed by atoms with Gasteiger partial charge in [-0.25, -0.2) is 9.78 Å². The Bertz CT molecular complexity index is 946. The molecule has 1 aromatic carbocycles. The Kier molecular flexibility index (Phi) is 6.03. The van der Waals surface area contributed by atoms with Gasteiger partial charge in [-0.05, 0) is 35.4 Å². The molecule has 0 spiro atoms. The number of benzene rings is 1. The Morgan fingerprint density at radius 3 is 2.70 bits per heavy atom. The van der Waals surface area contributed by atoms with E-state index in [1.807, 2.05) is 42.6 Å². The highest BCUT2D eigenvalue weighted by Gasteiger charge is 2.17. The molecule has 0 unspecified atom stereocenters. The first-order chi connectivity index (χ1) is 13.0. The van der Waals surface area contributed by atoms with Crippen molar-refractivity contribution in [1.29, 1.82) is 0 Å². The van der Waals surface area contributed by atoms with Crippen molar-refractivity contribution in [3.8, 4) is 9.88 Å². The number of esters is 1. The number of amides is 1. The summed E-state index contributed by atoms with van der Waals surface area (Å²) in [6.45, 7) is 5.72. The number of anilines is 1. The van der Waals surface area contributed by atoms with E-state index in [0.29, 0.717) is 0 Å². The lowest BCUT2D eigenvalue weighted by atomic mass is 9.98. The van der Waals surface area contributed by atoms with Crippen molar-refractivity contribution in [3.63, 3.8) is 0 Å². The molecule has 0 radical (unpaired) electrons. The van der Waals surface area contributed by atoms with Gasteiger partial charge in [-0.2, -0.15) is 0 Å². The zero-order chi connectivity index (χ0) is 19.4. The number of thiazole rings is 1. The number of hydrogen-bond donors (Lipinski definition) is 1. The lowest BCUT2D eigenvalue weighted by Crippen LogP contribution is -2.22. The van der Waals surface area contributed by atoms with Crippen LogP contribution in [0, 0.1) is 6.92 Å². The lowest BCUT2D eigenvalue weighted by Gasteiger charge is -2.16. The van der Waals surface area contributed by atoms with Crippen LogP contribution >= 0.6 is 22.7 Å². The van der Waals surface area contributed by atoms with Crippen molar-refractivity contribution in [2.45, 2.75) is 26.7 Å². The Morgan fingerprint density at radius 2 is 2.00 bits per heavy atom. The normalized spacial score (nSPS) is 10.8. The SMILES string of the molecule is Cc1cccc(C(C)C)c1NC(=O)COC(=O)c1csc(-c2cccs2)n1. The summed E-state index contributed by atoms with van der Waals surface area (Å²) in [6.07, 6.45) is 0. The highest BCUT2D eigenvalue weighted by Crippen LogP contribution is 2.28. The maximum absolute atomic E-state index is 12.3. The van der Waals surface area contributed by atoms with Crippen LogP contribution in [0.15, 0.2) is 41.1 Å². The van der Waals surface area contributed by atoms with Crippen LogP contribution in [-0.4, -0.2) is 23.5 Å². The molecule has 3 rings (SSSR count). The van der Waals surface area contributed by atoms with E-state index in [2.05, 4.69) is 24.1 Å². The van der Waals surface area contributed by atoms with Gasteiger partial charge < -0.3 is 10.1 Å². The van der Waals surface area contributed by atoms with E-state index in [9.17, 15) is 9.59 Å². The van der Waals surface area contributed by atoms with Crippen molar-refractivity contribution in [2.24, 2.45) is 0 Å². The third-order valence-corrected chi connectivity index (χ3v) is 5.85. The van der Waals surface area contributed by atoms with E-state index >= 15 is 0 Å². The van der Waals surface area contributed by atoms with Gasteiger partial charge in [0.25, 0.3) is 5.91 Å². The molecule has 140 valence electrons. The van der Waals surface area contributed by atoms with E-state index in [0.717, 1.165) is 26.7 Å². The van der Waals surface area contributed by atoms with E-state index in [1.165, 1.54) is 11.3 Å². The minimum absolute atomic E-state index is 0.218. The molecule has 0 atom stereocenters. The van der Waals surface area contributed by atoms with Crippen LogP contribution in [0.4, 0.5) is 5.69 Å². The predicted octanol–water partition coefficient (Wildman–Crippen LogP) is 5.10. The zero-order valence-electron chi connectivity index (χ0n) is 15.3. The first kappa shape index (κ1) is 19.3. The van der Waals surface area contributed by atoms with Gasteiger partial charge in [0, 0.05) is 11.1 Å². The van der Waals surface area contributed by atoms with Gasteiger partial charge in [-0.1, -0.05) is 38.1 Å². The van der Waals surface area contributed by atoms with Crippen LogP contribution in [0.1, 0.15) is 41.4 Å². The summed E-state index contributed by atoms with van der Waals surface area (Å²) in [7, 11) is 0. The number of aryl methyl sites for hydroxylation is 1. The van der Waals surface area contributed by atoms with Crippen molar-refractivity contribution < 1.29 is 14.3 Å². The maximum Gasteiger partial charge on any atom is 0.358 e. The molecule has 27 heavy (non-hydrogen) atoms. The monoisotopic (exact) mass is 400 g/mol. The molecule has 0 aliphatic heterocycles. The third-order valence-electron chi connectivity index (χ3n) is 3.97. The summed E-state index contributed by atoms with van der Waals surface area (Å²) in [5.74, 6) is -0.695. The summed E-state index contributed by atoms with van der Waals surface area (Å²) in [4.78, 5) is 29.7. The molecular weight excluding hydrogens is 380 g/mol. The zero-order valence-corrected chi connectivity index (χ0v) is 16.9. The standard InChI is InChI=1S/C20H20N2O3S2/c1-12(2)14-7-4-6-13(3)18(14)22-17(23)10-25-20(24)15-11-27-19(21-15)16-8-5-9-26-16/h4-9,11-12H,10H2,1-3H3,(H,22,23). The molecule has 1 amide bonds. The average Bonchev–Trinajstić information content (AvgIpc) is 3.32. The minimum atomic E-state index is -0.599. The van der Waals surface area contributed by atoms with Crippen molar-refractivity contribution in [2.75, 3.05) is 11.9 Å². The minimum Gasteiger partial charge on any atom is -0.451 e. The number of nitrogens with zero attached hydrogens (tertiary/aromatic N) is 1. The van der Waals surface area contributed by atoms with Crippen molar-refractivity contribution in [3.05, 3.63) is 57.9 Å². The Hall–Kier alpha value is -2.51. The number of nitrogens with one attached hydrogen (secondary N) is 1. The van der Waals surface area contributed by atoms with Crippen molar-refractivity contribution >= 4 is 40.2 Å². The second kappa shape index (κ2) is 8.45. The lowest BCUT2D eigenvalue weighted by molar-refractivity contribution is -0.119. The molecule has 0 fully saturated rings. The predicted molar refractivity (Wildman–Crippen MR) is 110 cm³/mol. The summed E-state index contributed by atoms with van der Waals surface area (Å²) >= 11 is 2.93. The number of thiophene rings is 1. The van der Waals surface area contributed by atoms with Crippen LogP contribution in [-0.2, 0) is 9.53 Å². The van der Waals surface area contributed by atoms with E-state index in [1.54, 1.807) is 16.7 Å². The van der Waals surface area contributed by atoms with E-state index in [-0.39, 0.29) is 24.1 Å². The van der Waals surface area contributed by atoms with E-state index < -0.39 is 5.97 Å². The van der Waals surface area contributed by atoms with Gasteiger partial charge >= 0.3 is 5.97 Å².